The van der Waals surface area contributed by atoms with Crippen molar-refractivity contribution in [1.82, 2.24) is 14.6 Å². The van der Waals surface area contributed by atoms with E-state index in [9.17, 15) is 13.2 Å². The number of nitrogens with zero attached hydrogens (tertiary/aromatic N) is 2. The second kappa shape index (κ2) is 8.95. The molecule has 2 heterocycles. The third kappa shape index (κ3) is 6.25. The van der Waals surface area contributed by atoms with Crippen molar-refractivity contribution >= 4 is 15.9 Å². The fourth-order valence-corrected chi connectivity index (χ4v) is 3.68. The highest BCUT2D eigenvalue weighted by molar-refractivity contribution is 7.89. The summed E-state index contributed by atoms with van der Waals surface area (Å²) in [6.07, 6.45) is 5.38. The Morgan fingerprint density at radius 1 is 1.35 bits per heavy atom. The molecule has 1 fully saturated rings. The highest BCUT2D eigenvalue weighted by atomic mass is 32.2. The number of pyridine rings is 1. The summed E-state index contributed by atoms with van der Waals surface area (Å²) in [5.74, 6) is -0.187. The van der Waals surface area contributed by atoms with E-state index in [0.717, 1.165) is 12.0 Å². The SMILES string of the molecule is O=C(CCCc1cccnc1)NCCS(=O)(=O)N1CCOCC1. The predicted octanol–water partition coefficient (Wildman–Crippen LogP) is 0.183. The lowest BCUT2D eigenvalue weighted by atomic mass is 10.1. The topological polar surface area (TPSA) is 88.6 Å². The molecule has 0 aliphatic carbocycles. The van der Waals surface area contributed by atoms with E-state index in [1.807, 2.05) is 12.1 Å². The van der Waals surface area contributed by atoms with Gasteiger partial charge in [-0.05, 0) is 24.5 Å². The van der Waals surface area contributed by atoms with Crippen LogP contribution in [0.2, 0.25) is 0 Å². The highest BCUT2D eigenvalue weighted by Gasteiger charge is 2.23. The summed E-state index contributed by atoms with van der Waals surface area (Å²) in [6, 6.07) is 3.84. The van der Waals surface area contributed by atoms with E-state index in [1.165, 1.54) is 4.31 Å². The Labute approximate surface area is 137 Å². The molecular weight excluding hydrogens is 318 g/mol. The molecule has 23 heavy (non-hydrogen) atoms. The third-order valence-electron chi connectivity index (χ3n) is 3.64. The van der Waals surface area contributed by atoms with Crippen LogP contribution in [0.3, 0.4) is 0 Å². The van der Waals surface area contributed by atoms with Gasteiger partial charge in [-0.3, -0.25) is 9.78 Å². The summed E-state index contributed by atoms with van der Waals surface area (Å²) < 4.78 is 30.7. The standard InChI is InChI=1S/C15H23N3O4S/c19-15(5-1-3-14-4-2-6-16-13-14)17-7-12-23(20,21)18-8-10-22-11-9-18/h2,4,6,13H,1,3,5,7-12H2,(H,17,19). The first-order valence-corrected chi connectivity index (χ1v) is 9.40. The Balaban J connectivity index is 1.62. The van der Waals surface area contributed by atoms with Crippen LogP contribution in [0.1, 0.15) is 18.4 Å². The Morgan fingerprint density at radius 2 is 2.13 bits per heavy atom. The maximum Gasteiger partial charge on any atom is 0.220 e. The number of hydrogen-bond acceptors (Lipinski definition) is 5. The van der Waals surface area contributed by atoms with Crippen molar-refractivity contribution in [2.75, 3.05) is 38.6 Å². The number of amides is 1. The van der Waals surface area contributed by atoms with Gasteiger partial charge in [0, 0.05) is 38.4 Å². The zero-order valence-electron chi connectivity index (χ0n) is 13.1. The van der Waals surface area contributed by atoms with Crippen LogP contribution in [0.4, 0.5) is 0 Å². The van der Waals surface area contributed by atoms with Gasteiger partial charge in [-0.2, -0.15) is 4.31 Å². The van der Waals surface area contributed by atoms with Crippen LogP contribution < -0.4 is 5.32 Å². The summed E-state index contributed by atoms with van der Waals surface area (Å²) in [4.78, 5) is 15.8. The lowest BCUT2D eigenvalue weighted by molar-refractivity contribution is -0.121. The molecule has 1 aliphatic heterocycles. The number of hydrogen-bond donors (Lipinski definition) is 1. The van der Waals surface area contributed by atoms with Crippen LogP contribution in [0.25, 0.3) is 0 Å². The van der Waals surface area contributed by atoms with Crippen LogP contribution in [0.15, 0.2) is 24.5 Å². The Kier molecular flexibility index (Phi) is 6.94. The monoisotopic (exact) mass is 341 g/mol. The smallest absolute Gasteiger partial charge is 0.220 e. The molecule has 0 bridgehead atoms. The normalized spacial score (nSPS) is 16.2. The van der Waals surface area contributed by atoms with Crippen molar-refractivity contribution < 1.29 is 17.9 Å². The summed E-state index contributed by atoms with van der Waals surface area (Å²) >= 11 is 0. The summed E-state index contributed by atoms with van der Waals surface area (Å²) in [6.45, 7) is 1.79. The van der Waals surface area contributed by atoms with E-state index in [-0.39, 0.29) is 18.2 Å². The van der Waals surface area contributed by atoms with Crippen molar-refractivity contribution in [1.29, 1.82) is 0 Å². The molecule has 1 saturated heterocycles. The van der Waals surface area contributed by atoms with Crippen molar-refractivity contribution in [3.63, 3.8) is 0 Å². The minimum atomic E-state index is -3.31. The minimum Gasteiger partial charge on any atom is -0.379 e. The molecule has 8 heteroatoms. The Bertz CT molecular complexity index is 586. The van der Waals surface area contributed by atoms with Crippen LogP contribution in [0, 0.1) is 0 Å². The number of carbonyl (C=O) groups excluding carboxylic acids is 1. The van der Waals surface area contributed by atoms with Gasteiger partial charge in [0.2, 0.25) is 15.9 Å². The first kappa shape index (κ1) is 17.8. The molecule has 0 spiro atoms. The van der Waals surface area contributed by atoms with E-state index in [4.69, 9.17) is 4.74 Å². The molecule has 0 saturated carbocycles. The Morgan fingerprint density at radius 3 is 2.83 bits per heavy atom. The van der Waals surface area contributed by atoms with E-state index in [1.54, 1.807) is 12.4 Å². The number of aryl methyl sites for hydroxylation is 1. The van der Waals surface area contributed by atoms with E-state index in [0.29, 0.717) is 39.1 Å². The number of carbonyl (C=O) groups is 1. The van der Waals surface area contributed by atoms with Gasteiger partial charge >= 0.3 is 0 Å². The number of sulfonamides is 1. The number of morpholine rings is 1. The van der Waals surface area contributed by atoms with Gasteiger partial charge in [0.15, 0.2) is 0 Å². The minimum absolute atomic E-state index is 0.0681. The first-order valence-electron chi connectivity index (χ1n) is 7.79. The third-order valence-corrected chi connectivity index (χ3v) is 5.51. The second-order valence-corrected chi connectivity index (χ2v) is 7.48. The van der Waals surface area contributed by atoms with Crippen LogP contribution in [-0.4, -0.2) is 62.2 Å². The molecule has 1 aromatic rings. The van der Waals surface area contributed by atoms with Gasteiger partial charge in [0.25, 0.3) is 0 Å². The maximum atomic E-state index is 12.1. The number of rotatable bonds is 8. The van der Waals surface area contributed by atoms with Crippen LogP contribution in [-0.2, 0) is 26.0 Å². The highest BCUT2D eigenvalue weighted by Crippen LogP contribution is 2.05. The molecule has 2 rings (SSSR count). The summed E-state index contributed by atoms with van der Waals surface area (Å²) in [5.41, 5.74) is 1.09. The van der Waals surface area contributed by atoms with Gasteiger partial charge in [-0.1, -0.05) is 6.07 Å². The van der Waals surface area contributed by atoms with Gasteiger partial charge in [-0.15, -0.1) is 0 Å². The van der Waals surface area contributed by atoms with E-state index < -0.39 is 10.0 Å². The van der Waals surface area contributed by atoms with Gasteiger partial charge < -0.3 is 10.1 Å². The van der Waals surface area contributed by atoms with E-state index >= 15 is 0 Å². The number of aromatic nitrogens is 1. The molecule has 0 aromatic carbocycles. The predicted molar refractivity (Wildman–Crippen MR) is 86.4 cm³/mol. The molecule has 128 valence electrons. The molecule has 1 aliphatic rings. The van der Waals surface area contributed by atoms with Gasteiger partial charge in [-0.25, -0.2) is 8.42 Å². The summed E-state index contributed by atoms with van der Waals surface area (Å²) in [5, 5.41) is 2.67. The quantitative estimate of drug-likeness (QED) is 0.729. The molecule has 0 radical (unpaired) electrons. The molecule has 0 unspecified atom stereocenters. The largest absolute Gasteiger partial charge is 0.379 e. The lowest BCUT2D eigenvalue weighted by Gasteiger charge is -2.26. The molecule has 1 amide bonds. The lowest BCUT2D eigenvalue weighted by Crippen LogP contribution is -2.43. The van der Waals surface area contributed by atoms with Crippen molar-refractivity contribution in [3.05, 3.63) is 30.1 Å². The molecule has 1 N–H and O–H groups in total. The Hall–Kier alpha value is -1.51. The zero-order valence-corrected chi connectivity index (χ0v) is 13.9. The first-order chi connectivity index (χ1) is 11.1. The second-order valence-electron chi connectivity index (χ2n) is 5.39. The molecule has 0 atom stereocenters. The maximum absolute atomic E-state index is 12.1. The zero-order chi connectivity index (χ0) is 16.5. The van der Waals surface area contributed by atoms with Gasteiger partial charge in [0.1, 0.15) is 0 Å². The van der Waals surface area contributed by atoms with Crippen molar-refractivity contribution in [2.24, 2.45) is 0 Å². The van der Waals surface area contributed by atoms with Crippen molar-refractivity contribution in [3.8, 4) is 0 Å². The van der Waals surface area contributed by atoms with Crippen LogP contribution in [0.5, 0.6) is 0 Å². The van der Waals surface area contributed by atoms with E-state index in [2.05, 4.69) is 10.3 Å². The average molecular weight is 341 g/mol. The van der Waals surface area contributed by atoms with Crippen molar-refractivity contribution in [2.45, 2.75) is 19.3 Å². The molecule has 1 aromatic heterocycles. The fraction of sp³-hybridized carbons (Fsp3) is 0.600. The summed E-state index contributed by atoms with van der Waals surface area (Å²) in [7, 11) is -3.31. The fourth-order valence-electron chi connectivity index (χ4n) is 2.36. The number of nitrogens with one attached hydrogen (secondary N) is 1. The van der Waals surface area contributed by atoms with Gasteiger partial charge in [0.05, 0.1) is 19.0 Å². The molecule has 7 nitrogen and oxygen atoms in total. The number of ether oxygens (including phenoxy) is 1. The van der Waals surface area contributed by atoms with Crippen LogP contribution >= 0.6 is 0 Å². The molecular formula is C15H23N3O4S. The average Bonchev–Trinajstić information content (AvgIpc) is 2.56.